The molecule has 0 saturated carbocycles. The van der Waals surface area contributed by atoms with Crippen molar-refractivity contribution in [1.29, 1.82) is 0 Å². The van der Waals surface area contributed by atoms with Gasteiger partial charge in [0.1, 0.15) is 5.82 Å². The van der Waals surface area contributed by atoms with Crippen LogP contribution < -0.4 is 5.32 Å². The van der Waals surface area contributed by atoms with Gasteiger partial charge in [0.05, 0.1) is 15.9 Å². The number of benzene rings is 2. The van der Waals surface area contributed by atoms with Crippen LogP contribution in [0.5, 0.6) is 0 Å². The van der Waals surface area contributed by atoms with E-state index in [4.69, 9.17) is 0 Å². The zero-order chi connectivity index (χ0) is 20.0. The van der Waals surface area contributed by atoms with Gasteiger partial charge in [-0.2, -0.15) is 0 Å². The van der Waals surface area contributed by atoms with E-state index in [1.165, 1.54) is 35.2 Å². The summed E-state index contributed by atoms with van der Waals surface area (Å²) in [4.78, 5) is 36.4. The molecule has 2 aromatic carbocycles. The van der Waals surface area contributed by atoms with E-state index in [0.29, 0.717) is 0 Å². The summed E-state index contributed by atoms with van der Waals surface area (Å²) in [5, 5.41) is 13.7. The third kappa shape index (κ3) is 5.58. The van der Waals surface area contributed by atoms with Crippen LogP contribution in [0.4, 0.5) is 10.1 Å². The molecular formula is C18H17BrFN3O4. The molecule has 0 aliphatic rings. The molecule has 0 saturated heterocycles. The fourth-order valence-corrected chi connectivity index (χ4v) is 2.72. The number of nitro benzene ring substituents is 1. The van der Waals surface area contributed by atoms with Crippen molar-refractivity contribution in [3.8, 4) is 0 Å². The van der Waals surface area contributed by atoms with Crippen LogP contribution in [0.3, 0.4) is 0 Å². The zero-order valence-electron chi connectivity index (χ0n) is 14.4. The first-order chi connectivity index (χ1) is 12.8. The van der Waals surface area contributed by atoms with E-state index in [9.17, 15) is 24.1 Å². The molecule has 0 heterocycles. The Kier molecular flexibility index (Phi) is 7.00. The van der Waals surface area contributed by atoms with Crippen LogP contribution in [-0.4, -0.2) is 34.7 Å². The van der Waals surface area contributed by atoms with Crippen molar-refractivity contribution in [3.05, 3.63) is 74.0 Å². The number of amides is 2. The summed E-state index contributed by atoms with van der Waals surface area (Å²) in [6.45, 7) is 1.97. The number of nitrogens with one attached hydrogen (secondary N) is 1. The number of likely N-dealkylation sites (N-methyl/N-ethyl adjacent to an activating group) is 1. The number of carbonyl (C=O) groups is 2. The van der Waals surface area contributed by atoms with Crippen molar-refractivity contribution in [2.45, 2.75) is 13.5 Å². The largest absolute Gasteiger partial charge is 0.350 e. The second-order valence-electron chi connectivity index (χ2n) is 5.65. The van der Waals surface area contributed by atoms with Crippen molar-refractivity contribution in [3.63, 3.8) is 0 Å². The molecule has 0 radical (unpaired) electrons. The van der Waals surface area contributed by atoms with Gasteiger partial charge in [-0.1, -0.05) is 12.1 Å². The number of nitrogens with zero attached hydrogens (tertiary/aromatic N) is 2. The molecule has 7 nitrogen and oxygen atoms in total. The summed E-state index contributed by atoms with van der Waals surface area (Å²) in [5.41, 5.74) is 0.624. The maximum atomic E-state index is 12.9. The normalized spacial score (nSPS) is 10.3. The molecule has 1 N–H and O–H groups in total. The lowest BCUT2D eigenvalue weighted by atomic mass is 10.1. The molecule has 2 aromatic rings. The fourth-order valence-electron chi connectivity index (χ4n) is 2.33. The lowest BCUT2D eigenvalue weighted by Crippen LogP contribution is -2.40. The quantitative estimate of drug-likeness (QED) is 0.531. The number of rotatable bonds is 7. The Morgan fingerprint density at radius 3 is 2.48 bits per heavy atom. The highest BCUT2D eigenvalue weighted by atomic mass is 79.9. The molecule has 142 valence electrons. The van der Waals surface area contributed by atoms with Gasteiger partial charge in [0.2, 0.25) is 5.91 Å². The third-order valence-electron chi connectivity index (χ3n) is 3.80. The molecule has 0 aliphatic heterocycles. The second-order valence-corrected chi connectivity index (χ2v) is 6.50. The van der Waals surface area contributed by atoms with Crippen LogP contribution in [0.2, 0.25) is 0 Å². The zero-order valence-corrected chi connectivity index (χ0v) is 16.0. The predicted octanol–water partition coefficient (Wildman–Crippen LogP) is 3.27. The first-order valence-corrected chi connectivity index (χ1v) is 8.85. The van der Waals surface area contributed by atoms with Crippen molar-refractivity contribution in [2.75, 3.05) is 13.1 Å². The molecule has 9 heteroatoms. The van der Waals surface area contributed by atoms with Crippen LogP contribution in [0, 0.1) is 15.9 Å². The van der Waals surface area contributed by atoms with Crippen molar-refractivity contribution >= 4 is 33.4 Å². The molecule has 27 heavy (non-hydrogen) atoms. The molecule has 0 aromatic heterocycles. The maximum Gasteiger partial charge on any atom is 0.284 e. The van der Waals surface area contributed by atoms with E-state index in [2.05, 4.69) is 21.2 Å². The lowest BCUT2D eigenvalue weighted by Gasteiger charge is -2.20. The number of halogens is 2. The molecule has 2 rings (SSSR count). The minimum absolute atomic E-state index is 0.123. The number of nitro groups is 1. The molecule has 2 amide bonds. The summed E-state index contributed by atoms with van der Waals surface area (Å²) in [5.74, 6) is -1.23. The number of carbonyl (C=O) groups excluding carboxylic acids is 2. The highest BCUT2D eigenvalue weighted by Gasteiger charge is 2.21. The molecule has 0 fully saturated rings. The second kappa shape index (κ2) is 9.22. The molecule has 0 atom stereocenters. The SMILES string of the molecule is CCN(CC(=O)NCc1ccc(F)cc1)C(=O)c1ccc(Br)c([N+](=O)[O-])c1. The van der Waals surface area contributed by atoms with Gasteiger partial charge < -0.3 is 10.2 Å². The molecule has 0 spiro atoms. The van der Waals surface area contributed by atoms with E-state index < -0.39 is 10.8 Å². The lowest BCUT2D eigenvalue weighted by molar-refractivity contribution is -0.385. The van der Waals surface area contributed by atoms with E-state index in [1.54, 1.807) is 19.1 Å². The Morgan fingerprint density at radius 1 is 1.22 bits per heavy atom. The Bertz CT molecular complexity index is 858. The average Bonchev–Trinajstić information content (AvgIpc) is 2.65. The van der Waals surface area contributed by atoms with Gasteiger partial charge in [-0.3, -0.25) is 19.7 Å². The molecule has 0 unspecified atom stereocenters. The van der Waals surface area contributed by atoms with Crippen molar-refractivity contribution in [1.82, 2.24) is 10.2 Å². The molecule has 0 bridgehead atoms. The van der Waals surface area contributed by atoms with Crippen molar-refractivity contribution in [2.24, 2.45) is 0 Å². The molecular weight excluding hydrogens is 421 g/mol. The van der Waals surface area contributed by atoms with E-state index >= 15 is 0 Å². The van der Waals surface area contributed by atoms with Gasteiger partial charge >= 0.3 is 0 Å². The summed E-state index contributed by atoms with van der Waals surface area (Å²) in [7, 11) is 0. The Labute approximate surface area is 163 Å². The Morgan fingerprint density at radius 2 is 1.89 bits per heavy atom. The van der Waals surface area contributed by atoms with Crippen LogP contribution in [0.1, 0.15) is 22.8 Å². The smallest absolute Gasteiger partial charge is 0.284 e. The Balaban J connectivity index is 2.02. The summed E-state index contributed by atoms with van der Waals surface area (Å²) in [6, 6.07) is 9.75. The standard InChI is InChI=1S/C18H17BrFN3O4/c1-2-22(11-17(24)21-10-12-3-6-14(20)7-4-12)18(25)13-5-8-15(19)16(9-13)23(26)27/h3-9H,2,10-11H2,1H3,(H,21,24). The van der Waals surface area contributed by atoms with Gasteiger partial charge in [-0.15, -0.1) is 0 Å². The summed E-state index contributed by atoms with van der Waals surface area (Å²) in [6.07, 6.45) is 0. The molecule has 0 aliphatic carbocycles. The van der Waals surface area contributed by atoms with Gasteiger partial charge in [0, 0.05) is 24.7 Å². The van der Waals surface area contributed by atoms with Gasteiger partial charge in [-0.05, 0) is 52.7 Å². The van der Waals surface area contributed by atoms with Crippen LogP contribution in [-0.2, 0) is 11.3 Å². The third-order valence-corrected chi connectivity index (χ3v) is 4.47. The van der Waals surface area contributed by atoms with Gasteiger partial charge in [-0.25, -0.2) is 4.39 Å². The average molecular weight is 438 g/mol. The fraction of sp³-hybridized carbons (Fsp3) is 0.222. The van der Waals surface area contributed by atoms with Crippen molar-refractivity contribution < 1.29 is 18.9 Å². The highest BCUT2D eigenvalue weighted by molar-refractivity contribution is 9.10. The monoisotopic (exact) mass is 437 g/mol. The van der Waals surface area contributed by atoms with Crippen LogP contribution in [0.15, 0.2) is 46.9 Å². The van der Waals surface area contributed by atoms with E-state index in [0.717, 1.165) is 5.56 Å². The van der Waals surface area contributed by atoms with E-state index in [-0.39, 0.29) is 47.1 Å². The highest BCUT2D eigenvalue weighted by Crippen LogP contribution is 2.26. The van der Waals surface area contributed by atoms with Gasteiger partial charge in [0.25, 0.3) is 11.6 Å². The topological polar surface area (TPSA) is 92.6 Å². The van der Waals surface area contributed by atoms with Crippen LogP contribution in [0.25, 0.3) is 0 Å². The minimum atomic E-state index is -0.591. The predicted molar refractivity (Wildman–Crippen MR) is 101 cm³/mol. The van der Waals surface area contributed by atoms with E-state index in [1.807, 2.05) is 0 Å². The first kappa shape index (κ1) is 20.5. The minimum Gasteiger partial charge on any atom is -0.350 e. The first-order valence-electron chi connectivity index (χ1n) is 8.06. The maximum absolute atomic E-state index is 12.9. The summed E-state index contributed by atoms with van der Waals surface area (Å²) >= 11 is 3.07. The Hall–Kier alpha value is -2.81. The van der Waals surface area contributed by atoms with Gasteiger partial charge in [0.15, 0.2) is 0 Å². The van der Waals surface area contributed by atoms with Crippen LogP contribution >= 0.6 is 15.9 Å². The number of hydrogen-bond acceptors (Lipinski definition) is 4. The number of hydrogen-bond donors (Lipinski definition) is 1. The summed E-state index contributed by atoms with van der Waals surface area (Å²) < 4.78 is 13.1.